The average Bonchev–Trinajstić information content (AvgIpc) is 1.98. The zero-order valence-corrected chi connectivity index (χ0v) is 9.63. The van der Waals surface area contributed by atoms with Crippen molar-refractivity contribution >= 4 is 16.2 Å². The molecule has 0 aromatic rings. The van der Waals surface area contributed by atoms with Gasteiger partial charge in [-0.1, -0.05) is 0 Å². The molecule has 90 valence electrons. The van der Waals surface area contributed by atoms with Crippen LogP contribution in [0.1, 0.15) is 20.8 Å². The lowest BCUT2D eigenvalue weighted by Gasteiger charge is -2.19. The maximum Gasteiger partial charge on any atom is 0.336 e. The van der Waals surface area contributed by atoms with E-state index < -0.39 is 28.3 Å². The summed E-state index contributed by atoms with van der Waals surface area (Å²) in [7, 11) is -3.77. The minimum absolute atomic E-state index is 0.308. The topological polar surface area (TPSA) is 116 Å². The minimum Gasteiger partial charge on any atom is -0.479 e. The van der Waals surface area contributed by atoms with Crippen LogP contribution in [0.4, 0.5) is 0 Å². The molecule has 0 heterocycles. The van der Waals surface area contributed by atoms with Gasteiger partial charge in [-0.2, -0.15) is 17.9 Å². The van der Waals surface area contributed by atoms with Gasteiger partial charge in [0.25, 0.3) is 10.2 Å². The summed E-state index contributed by atoms with van der Waals surface area (Å²) in [5, 5.41) is 17.7. The highest BCUT2D eigenvalue weighted by Gasteiger charge is 2.31. The van der Waals surface area contributed by atoms with E-state index in [0.717, 1.165) is 6.92 Å². The summed E-state index contributed by atoms with van der Waals surface area (Å²) >= 11 is 0. The van der Waals surface area contributed by atoms with Crippen molar-refractivity contribution < 1.29 is 23.4 Å². The molecule has 0 rings (SSSR count). The Labute approximate surface area is 88.7 Å². The van der Waals surface area contributed by atoms with Crippen molar-refractivity contribution in [2.45, 2.75) is 32.4 Å². The summed E-state index contributed by atoms with van der Waals surface area (Å²) in [5.74, 6) is -1.49. The molecule has 1 unspecified atom stereocenters. The van der Waals surface area contributed by atoms with E-state index in [1.807, 2.05) is 4.72 Å². The van der Waals surface area contributed by atoms with E-state index >= 15 is 0 Å². The fourth-order valence-corrected chi connectivity index (χ4v) is 1.84. The van der Waals surface area contributed by atoms with Gasteiger partial charge in [0.15, 0.2) is 5.60 Å². The van der Waals surface area contributed by atoms with Gasteiger partial charge < -0.3 is 10.2 Å². The van der Waals surface area contributed by atoms with Gasteiger partial charge in [-0.3, -0.25) is 0 Å². The quantitative estimate of drug-likeness (QED) is 0.458. The molecule has 7 nitrogen and oxygen atoms in total. The summed E-state index contributed by atoms with van der Waals surface area (Å²) < 4.78 is 26.5. The van der Waals surface area contributed by atoms with Crippen molar-refractivity contribution in [2.75, 3.05) is 6.54 Å². The smallest absolute Gasteiger partial charge is 0.336 e. The summed E-state index contributed by atoms with van der Waals surface area (Å²) in [6, 6.07) is -0.308. The van der Waals surface area contributed by atoms with Gasteiger partial charge in [-0.15, -0.1) is 0 Å². The number of nitrogens with one attached hydrogen (secondary N) is 2. The molecule has 0 aliphatic carbocycles. The van der Waals surface area contributed by atoms with Gasteiger partial charge in [0, 0.05) is 6.04 Å². The van der Waals surface area contributed by atoms with E-state index in [-0.39, 0.29) is 6.04 Å². The Morgan fingerprint density at radius 1 is 1.47 bits per heavy atom. The molecule has 8 heteroatoms. The van der Waals surface area contributed by atoms with Gasteiger partial charge in [0.1, 0.15) is 0 Å². The lowest BCUT2D eigenvalue weighted by molar-refractivity contribution is -0.155. The molecule has 0 radical (unpaired) electrons. The van der Waals surface area contributed by atoms with Crippen LogP contribution in [0.5, 0.6) is 0 Å². The third kappa shape index (κ3) is 5.67. The van der Waals surface area contributed by atoms with E-state index in [4.69, 9.17) is 5.11 Å². The van der Waals surface area contributed by atoms with Crippen molar-refractivity contribution in [1.29, 1.82) is 0 Å². The highest BCUT2D eigenvalue weighted by Crippen LogP contribution is 2.01. The highest BCUT2D eigenvalue weighted by molar-refractivity contribution is 7.87. The predicted molar refractivity (Wildman–Crippen MR) is 53.5 cm³/mol. The highest BCUT2D eigenvalue weighted by atomic mass is 32.2. The summed E-state index contributed by atoms with van der Waals surface area (Å²) in [4.78, 5) is 10.5. The van der Waals surface area contributed by atoms with Crippen LogP contribution in [0, 0.1) is 0 Å². The number of aliphatic hydroxyl groups is 1. The van der Waals surface area contributed by atoms with E-state index in [1.165, 1.54) is 0 Å². The lowest BCUT2D eigenvalue weighted by Crippen LogP contribution is -2.50. The Balaban J connectivity index is 4.34. The van der Waals surface area contributed by atoms with Crippen LogP contribution < -0.4 is 9.44 Å². The summed E-state index contributed by atoms with van der Waals surface area (Å²) in [6.45, 7) is 3.65. The number of hydrogen-bond acceptors (Lipinski definition) is 4. The number of hydrogen-bond donors (Lipinski definition) is 4. The fourth-order valence-electron chi connectivity index (χ4n) is 0.663. The molecule has 4 N–H and O–H groups in total. The molecule has 0 fully saturated rings. The van der Waals surface area contributed by atoms with Crippen molar-refractivity contribution in [3.05, 3.63) is 0 Å². The van der Waals surface area contributed by atoms with Crippen LogP contribution in [0.25, 0.3) is 0 Å². The zero-order valence-electron chi connectivity index (χ0n) is 8.81. The van der Waals surface area contributed by atoms with Gasteiger partial charge >= 0.3 is 5.97 Å². The molecule has 0 aliphatic heterocycles. The van der Waals surface area contributed by atoms with Gasteiger partial charge in [0.05, 0.1) is 6.54 Å². The number of rotatable bonds is 6. The van der Waals surface area contributed by atoms with E-state index in [2.05, 4.69) is 4.72 Å². The van der Waals surface area contributed by atoms with Gasteiger partial charge in [-0.05, 0) is 20.8 Å². The average molecular weight is 240 g/mol. The largest absolute Gasteiger partial charge is 0.479 e. The molecule has 1 atom stereocenters. The summed E-state index contributed by atoms with van der Waals surface area (Å²) in [6.07, 6.45) is 0. The minimum atomic E-state index is -3.77. The Morgan fingerprint density at radius 3 is 2.27 bits per heavy atom. The maximum atomic E-state index is 11.2. The van der Waals surface area contributed by atoms with Crippen molar-refractivity contribution in [2.24, 2.45) is 0 Å². The molecule has 0 saturated heterocycles. The standard InChI is InChI=1S/C7H16N2O5S/c1-5(2)9-15(13,14)8-4-7(3,12)6(10)11/h5,8-9,12H,4H2,1-3H3,(H,10,11). The van der Waals surface area contributed by atoms with Crippen molar-refractivity contribution in [3.63, 3.8) is 0 Å². The monoisotopic (exact) mass is 240 g/mol. The van der Waals surface area contributed by atoms with Crippen LogP contribution in [0.15, 0.2) is 0 Å². The Morgan fingerprint density at radius 2 is 1.93 bits per heavy atom. The van der Waals surface area contributed by atoms with Crippen LogP contribution in [-0.4, -0.2) is 42.8 Å². The zero-order chi connectivity index (χ0) is 12.3. The van der Waals surface area contributed by atoms with Gasteiger partial charge in [0.2, 0.25) is 0 Å². The molecule has 15 heavy (non-hydrogen) atoms. The first-order valence-corrected chi connectivity index (χ1v) is 5.78. The molecule has 0 aliphatic rings. The van der Waals surface area contributed by atoms with Crippen LogP contribution in [0.2, 0.25) is 0 Å². The molecule has 0 spiro atoms. The predicted octanol–water partition coefficient (Wildman–Crippen LogP) is -1.35. The van der Waals surface area contributed by atoms with Gasteiger partial charge in [-0.25, -0.2) is 4.79 Å². The molecule has 0 aromatic heterocycles. The summed E-state index contributed by atoms with van der Waals surface area (Å²) in [5.41, 5.74) is -2.12. The lowest BCUT2D eigenvalue weighted by atomic mass is 10.1. The fraction of sp³-hybridized carbons (Fsp3) is 0.857. The Hall–Kier alpha value is -0.700. The first kappa shape index (κ1) is 14.3. The second-order valence-electron chi connectivity index (χ2n) is 3.68. The van der Waals surface area contributed by atoms with Crippen LogP contribution in [-0.2, 0) is 15.0 Å². The molecular weight excluding hydrogens is 224 g/mol. The second-order valence-corrected chi connectivity index (χ2v) is 5.21. The Kier molecular flexibility index (Phi) is 4.65. The molecule has 0 saturated carbocycles. The van der Waals surface area contributed by atoms with E-state index in [1.54, 1.807) is 13.8 Å². The third-order valence-electron chi connectivity index (χ3n) is 1.46. The first-order chi connectivity index (χ1) is 6.57. The second kappa shape index (κ2) is 4.88. The first-order valence-electron chi connectivity index (χ1n) is 4.29. The SMILES string of the molecule is CC(C)NS(=O)(=O)NCC(C)(O)C(=O)O. The Bertz CT molecular complexity index is 322. The van der Waals surface area contributed by atoms with Crippen LogP contribution in [0.3, 0.4) is 0 Å². The van der Waals surface area contributed by atoms with E-state index in [0.29, 0.717) is 0 Å². The van der Waals surface area contributed by atoms with E-state index in [9.17, 15) is 18.3 Å². The third-order valence-corrected chi connectivity index (χ3v) is 2.76. The number of carboxylic acids is 1. The van der Waals surface area contributed by atoms with Crippen molar-refractivity contribution in [1.82, 2.24) is 9.44 Å². The number of carbonyl (C=O) groups is 1. The number of aliphatic carboxylic acids is 1. The molecule has 0 amide bonds. The molecular formula is C7H16N2O5S. The molecule has 0 bridgehead atoms. The number of carboxylic acid groups (broad SMARTS) is 1. The van der Waals surface area contributed by atoms with Crippen LogP contribution >= 0.6 is 0 Å². The maximum absolute atomic E-state index is 11.2. The normalized spacial score (nSPS) is 16.3. The van der Waals surface area contributed by atoms with Crippen molar-refractivity contribution in [3.8, 4) is 0 Å². The molecule has 0 aromatic carbocycles.